The Balaban J connectivity index is 1.86. The van der Waals surface area contributed by atoms with Crippen LogP contribution in [0.25, 0.3) is 0 Å². The molecule has 0 aliphatic heterocycles. The van der Waals surface area contributed by atoms with Crippen LogP contribution >= 0.6 is 0 Å². The molecule has 0 unspecified atom stereocenters. The second kappa shape index (κ2) is 4.98. The summed E-state index contributed by atoms with van der Waals surface area (Å²) in [7, 11) is 1.58. The number of aromatic nitrogens is 3. The van der Waals surface area contributed by atoms with Gasteiger partial charge < -0.3 is 15.4 Å². The van der Waals surface area contributed by atoms with E-state index in [1.807, 2.05) is 0 Å². The lowest BCUT2D eigenvalue weighted by Crippen LogP contribution is -2.45. The summed E-state index contributed by atoms with van der Waals surface area (Å²) in [5.41, 5.74) is -0.0862. The third-order valence-electron chi connectivity index (χ3n) is 5.63. The summed E-state index contributed by atoms with van der Waals surface area (Å²) in [4.78, 5) is 16.3. The molecule has 118 valence electrons. The SMILES string of the molecule is COCc1n[nH]c(CNC(=O)NC2(C)C(C)(C)C2(C)C)n1. The summed E-state index contributed by atoms with van der Waals surface area (Å²) < 4.78 is 4.94. The molecular formula is C14H25N5O2. The fraction of sp³-hybridized carbons (Fsp3) is 0.786. The number of urea groups is 1. The van der Waals surface area contributed by atoms with Crippen LogP contribution < -0.4 is 10.6 Å². The minimum absolute atomic E-state index is 0.0647. The van der Waals surface area contributed by atoms with Gasteiger partial charge in [-0.15, -0.1) is 0 Å². The molecule has 3 N–H and O–H groups in total. The second-order valence-electron chi connectivity index (χ2n) is 6.81. The van der Waals surface area contributed by atoms with E-state index in [-0.39, 0.29) is 22.4 Å². The maximum atomic E-state index is 12.1. The zero-order chi connectivity index (χ0) is 15.9. The highest BCUT2D eigenvalue weighted by molar-refractivity contribution is 5.76. The number of carbonyl (C=O) groups is 1. The Labute approximate surface area is 125 Å². The molecule has 1 saturated carbocycles. The van der Waals surface area contributed by atoms with Crippen LogP contribution in [0, 0.1) is 10.8 Å². The number of amides is 2. The van der Waals surface area contributed by atoms with Gasteiger partial charge in [0.05, 0.1) is 12.1 Å². The molecule has 0 bridgehead atoms. The number of nitrogens with zero attached hydrogens (tertiary/aromatic N) is 2. The molecule has 7 heteroatoms. The van der Waals surface area contributed by atoms with Crippen molar-refractivity contribution in [3.05, 3.63) is 11.6 Å². The highest BCUT2D eigenvalue weighted by Crippen LogP contribution is 2.70. The van der Waals surface area contributed by atoms with Crippen molar-refractivity contribution in [3.63, 3.8) is 0 Å². The van der Waals surface area contributed by atoms with Crippen molar-refractivity contribution in [2.45, 2.75) is 53.3 Å². The van der Waals surface area contributed by atoms with E-state index in [0.717, 1.165) is 0 Å². The highest BCUT2D eigenvalue weighted by Gasteiger charge is 2.75. The Morgan fingerprint density at radius 1 is 1.24 bits per heavy atom. The van der Waals surface area contributed by atoms with Crippen LogP contribution in [0.2, 0.25) is 0 Å². The number of carbonyl (C=O) groups excluding carboxylic acids is 1. The summed E-state index contributed by atoms with van der Waals surface area (Å²) in [6, 6.07) is -0.194. The lowest BCUT2D eigenvalue weighted by molar-refractivity contribution is 0.178. The lowest BCUT2D eigenvalue weighted by Gasteiger charge is -2.18. The maximum absolute atomic E-state index is 12.1. The zero-order valence-corrected chi connectivity index (χ0v) is 13.6. The molecule has 0 aromatic carbocycles. The van der Waals surface area contributed by atoms with Crippen molar-refractivity contribution in [1.82, 2.24) is 25.8 Å². The van der Waals surface area contributed by atoms with Crippen LogP contribution in [0.15, 0.2) is 0 Å². The summed E-state index contributed by atoms with van der Waals surface area (Å²) in [5, 5.41) is 12.6. The monoisotopic (exact) mass is 295 g/mol. The van der Waals surface area contributed by atoms with Gasteiger partial charge in [0.15, 0.2) is 5.82 Å². The van der Waals surface area contributed by atoms with E-state index in [4.69, 9.17) is 4.74 Å². The smallest absolute Gasteiger partial charge is 0.315 e. The van der Waals surface area contributed by atoms with Gasteiger partial charge in [0.2, 0.25) is 0 Å². The van der Waals surface area contributed by atoms with Gasteiger partial charge in [0.25, 0.3) is 0 Å². The molecule has 0 radical (unpaired) electrons. The Bertz CT molecular complexity index is 521. The van der Waals surface area contributed by atoms with Crippen LogP contribution in [-0.4, -0.2) is 33.9 Å². The minimum Gasteiger partial charge on any atom is -0.377 e. The molecule has 7 nitrogen and oxygen atoms in total. The topological polar surface area (TPSA) is 91.9 Å². The first-order valence-electron chi connectivity index (χ1n) is 7.11. The molecule has 1 aromatic heterocycles. The average Bonchev–Trinajstić information content (AvgIpc) is 2.78. The minimum atomic E-state index is -0.216. The molecule has 1 aliphatic rings. The van der Waals surface area contributed by atoms with Crippen LogP contribution in [-0.2, 0) is 17.9 Å². The first-order valence-corrected chi connectivity index (χ1v) is 7.11. The van der Waals surface area contributed by atoms with E-state index >= 15 is 0 Å². The van der Waals surface area contributed by atoms with E-state index in [2.05, 4.69) is 60.4 Å². The average molecular weight is 295 g/mol. The van der Waals surface area contributed by atoms with Crippen molar-refractivity contribution in [1.29, 1.82) is 0 Å². The Kier molecular flexibility index (Phi) is 3.73. The molecule has 0 saturated heterocycles. The first-order chi connectivity index (χ1) is 9.65. The van der Waals surface area contributed by atoms with E-state index in [0.29, 0.717) is 24.8 Å². The molecule has 0 atom stereocenters. The fourth-order valence-electron chi connectivity index (χ4n) is 2.95. The molecule has 2 rings (SSSR count). The van der Waals surface area contributed by atoms with Crippen molar-refractivity contribution in [3.8, 4) is 0 Å². The van der Waals surface area contributed by atoms with Gasteiger partial charge in [-0.05, 0) is 17.8 Å². The van der Waals surface area contributed by atoms with Crippen molar-refractivity contribution >= 4 is 6.03 Å². The van der Waals surface area contributed by atoms with Crippen molar-refractivity contribution in [2.24, 2.45) is 10.8 Å². The summed E-state index contributed by atoms with van der Waals surface area (Å²) in [6.07, 6.45) is 0. The van der Waals surface area contributed by atoms with Crippen molar-refractivity contribution < 1.29 is 9.53 Å². The Morgan fingerprint density at radius 3 is 2.38 bits per heavy atom. The maximum Gasteiger partial charge on any atom is 0.315 e. The Morgan fingerprint density at radius 2 is 1.86 bits per heavy atom. The number of H-pyrrole nitrogens is 1. The third-order valence-corrected chi connectivity index (χ3v) is 5.63. The number of nitrogens with one attached hydrogen (secondary N) is 3. The number of rotatable bonds is 5. The molecule has 0 spiro atoms. The van der Waals surface area contributed by atoms with Crippen molar-refractivity contribution in [2.75, 3.05) is 7.11 Å². The zero-order valence-electron chi connectivity index (χ0n) is 13.6. The van der Waals surface area contributed by atoms with Gasteiger partial charge >= 0.3 is 6.03 Å². The predicted octanol–water partition coefficient (Wildman–Crippen LogP) is 1.57. The van der Waals surface area contributed by atoms with E-state index < -0.39 is 0 Å². The van der Waals surface area contributed by atoms with Crippen LogP contribution in [0.5, 0.6) is 0 Å². The lowest BCUT2D eigenvalue weighted by atomic mass is 10.0. The van der Waals surface area contributed by atoms with Gasteiger partial charge in [0.1, 0.15) is 12.4 Å². The Hall–Kier alpha value is -1.63. The molecular weight excluding hydrogens is 270 g/mol. The van der Waals surface area contributed by atoms with Gasteiger partial charge in [-0.1, -0.05) is 27.7 Å². The molecule has 2 amide bonds. The summed E-state index contributed by atoms with van der Waals surface area (Å²) >= 11 is 0. The molecule has 21 heavy (non-hydrogen) atoms. The summed E-state index contributed by atoms with van der Waals surface area (Å²) in [6.45, 7) is 11.4. The number of ether oxygens (including phenoxy) is 1. The van der Waals surface area contributed by atoms with Crippen LogP contribution in [0.1, 0.15) is 46.3 Å². The highest BCUT2D eigenvalue weighted by atomic mass is 16.5. The quantitative estimate of drug-likeness (QED) is 0.769. The van der Waals surface area contributed by atoms with E-state index in [9.17, 15) is 4.79 Å². The predicted molar refractivity (Wildman–Crippen MR) is 78.4 cm³/mol. The van der Waals surface area contributed by atoms with E-state index in [1.165, 1.54) is 0 Å². The third kappa shape index (κ3) is 2.39. The molecule has 1 aromatic rings. The number of hydrogen-bond acceptors (Lipinski definition) is 4. The fourth-order valence-corrected chi connectivity index (χ4v) is 2.95. The van der Waals surface area contributed by atoms with Gasteiger partial charge in [-0.2, -0.15) is 5.10 Å². The van der Waals surface area contributed by atoms with Crippen LogP contribution in [0.3, 0.4) is 0 Å². The molecule has 1 fully saturated rings. The number of methoxy groups -OCH3 is 1. The van der Waals surface area contributed by atoms with Gasteiger partial charge in [-0.25, -0.2) is 9.78 Å². The number of hydrogen-bond donors (Lipinski definition) is 3. The summed E-state index contributed by atoms with van der Waals surface area (Å²) in [5.74, 6) is 1.18. The second-order valence-corrected chi connectivity index (χ2v) is 6.81. The normalized spacial score (nSPS) is 20.9. The van der Waals surface area contributed by atoms with Crippen LogP contribution in [0.4, 0.5) is 4.79 Å². The van der Waals surface area contributed by atoms with Gasteiger partial charge in [0, 0.05) is 7.11 Å². The number of aromatic amines is 1. The largest absolute Gasteiger partial charge is 0.377 e. The standard InChI is InChI=1S/C14H25N5O2/c1-12(2)13(3,4)14(12,5)17-11(20)15-7-9-16-10(8-21-6)19-18-9/h7-8H2,1-6H3,(H2,15,17,20)(H,16,18,19). The first kappa shape index (κ1) is 15.8. The van der Waals surface area contributed by atoms with Gasteiger partial charge in [-0.3, -0.25) is 5.10 Å². The molecule has 1 aliphatic carbocycles. The molecule has 1 heterocycles. The van der Waals surface area contributed by atoms with E-state index in [1.54, 1.807) is 7.11 Å².